The molecule has 4 N–H and O–H groups in total. The van der Waals surface area contributed by atoms with Crippen LogP contribution in [0.3, 0.4) is 0 Å². The van der Waals surface area contributed by atoms with Crippen molar-refractivity contribution in [1.29, 1.82) is 0 Å². The largest absolute Gasteiger partial charge is 0.355 e. The Morgan fingerprint density at radius 1 is 1.03 bits per heavy atom. The topological polar surface area (TPSA) is 122 Å². The summed E-state index contributed by atoms with van der Waals surface area (Å²) in [7, 11) is -3.81. The third kappa shape index (κ3) is 6.90. The van der Waals surface area contributed by atoms with Gasteiger partial charge in [-0.1, -0.05) is 30.3 Å². The molecule has 0 aromatic heterocycles. The zero-order valence-electron chi connectivity index (χ0n) is 17.2. The van der Waals surface area contributed by atoms with Crippen LogP contribution in [0.25, 0.3) is 10.8 Å². The second kappa shape index (κ2) is 11.4. The van der Waals surface area contributed by atoms with Crippen molar-refractivity contribution in [3.63, 3.8) is 0 Å². The van der Waals surface area contributed by atoms with E-state index in [1.807, 2.05) is 24.3 Å². The second-order valence-corrected chi connectivity index (χ2v) is 9.23. The molecule has 2 aromatic carbocycles. The van der Waals surface area contributed by atoms with Crippen LogP contribution in [0.4, 0.5) is 0 Å². The molecule has 3 rings (SSSR count). The predicted molar refractivity (Wildman–Crippen MR) is 122 cm³/mol. The number of hydrogen-bond donors (Lipinski definition) is 3. The Bertz CT molecular complexity index is 1010. The number of rotatable bonds is 8. The van der Waals surface area contributed by atoms with Crippen molar-refractivity contribution in [3.8, 4) is 0 Å². The number of halogens is 1. The Labute approximate surface area is 189 Å². The first-order chi connectivity index (χ1) is 14.4. The number of amides is 2. The number of fused-ring (bicyclic) bond motifs is 1. The summed E-state index contributed by atoms with van der Waals surface area (Å²) in [5, 5.41) is 4.35. The van der Waals surface area contributed by atoms with E-state index in [0.717, 1.165) is 43.1 Å². The van der Waals surface area contributed by atoms with E-state index in [2.05, 4.69) is 10.0 Å². The molecule has 10 heteroatoms. The lowest BCUT2D eigenvalue weighted by Crippen LogP contribution is -2.47. The van der Waals surface area contributed by atoms with E-state index in [-0.39, 0.29) is 36.3 Å². The average Bonchev–Trinajstić information content (AvgIpc) is 2.77. The minimum Gasteiger partial charge on any atom is -0.355 e. The summed E-state index contributed by atoms with van der Waals surface area (Å²) in [6, 6.07) is 11.6. The molecule has 1 fully saturated rings. The van der Waals surface area contributed by atoms with E-state index in [1.54, 1.807) is 17.0 Å². The molecule has 1 saturated heterocycles. The van der Waals surface area contributed by atoms with Crippen molar-refractivity contribution in [1.82, 2.24) is 14.9 Å². The molecule has 1 aliphatic heterocycles. The number of carbonyl (C=O) groups is 2. The molecule has 170 valence electrons. The number of sulfonamides is 1. The predicted octanol–water partition coefficient (Wildman–Crippen LogP) is 1.39. The maximum Gasteiger partial charge on any atom is 0.241 e. The minimum absolute atomic E-state index is 0. The SMILES string of the molecule is Cl.NC(CCNC(=O)CNS(=O)(=O)c1ccc2ccccc2c1)C(=O)N1CCCCC1. The summed E-state index contributed by atoms with van der Waals surface area (Å²) in [4.78, 5) is 26.2. The lowest BCUT2D eigenvalue weighted by atomic mass is 10.1. The Hall–Kier alpha value is -2.20. The van der Waals surface area contributed by atoms with Gasteiger partial charge < -0.3 is 16.0 Å². The molecule has 0 radical (unpaired) electrons. The maximum absolute atomic E-state index is 12.5. The quantitative estimate of drug-likeness (QED) is 0.540. The molecule has 1 unspecified atom stereocenters. The van der Waals surface area contributed by atoms with E-state index in [9.17, 15) is 18.0 Å². The highest BCUT2D eigenvalue weighted by Gasteiger charge is 2.22. The van der Waals surface area contributed by atoms with Gasteiger partial charge in [0.25, 0.3) is 0 Å². The van der Waals surface area contributed by atoms with E-state index < -0.39 is 22.0 Å². The van der Waals surface area contributed by atoms with Gasteiger partial charge in [0.05, 0.1) is 17.5 Å². The normalized spacial score (nSPS) is 15.2. The first kappa shape index (κ1) is 25.1. The third-order valence-corrected chi connectivity index (χ3v) is 6.62. The van der Waals surface area contributed by atoms with Crippen LogP contribution in [0.1, 0.15) is 25.7 Å². The van der Waals surface area contributed by atoms with Crippen LogP contribution in [0.15, 0.2) is 47.4 Å². The number of nitrogens with zero attached hydrogens (tertiary/aromatic N) is 1. The van der Waals surface area contributed by atoms with Crippen LogP contribution in [0.2, 0.25) is 0 Å². The molecule has 8 nitrogen and oxygen atoms in total. The summed E-state index contributed by atoms with van der Waals surface area (Å²) < 4.78 is 27.2. The number of hydrogen-bond acceptors (Lipinski definition) is 5. The van der Waals surface area contributed by atoms with Crippen molar-refractivity contribution in [2.75, 3.05) is 26.2 Å². The Morgan fingerprint density at radius 3 is 2.42 bits per heavy atom. The van der Waals surface area contributed by atoms with Crippen molar-refractivity contribution in [3.05, 3.63) is 42.5 Å². The lowest BCUT2D eigenvalue weighted by Gasteiger charge is -2.29. The molecule has 1 aliphatic rings. The van der Waals surface area contributed by atoms with Crippen molar-refractivity contribution in [2.24, 2.45) is 5.73 Å². The van der Waals surface area contributed by atoms with Gasteiger partial charge in [0.15, 0.2) is 0 Å². The lowest BCUT2D eigenvalue weighted by molar-refractivity contribution is -0.133. The van der Waals surface area contributed by atoms with Gasteiger partial charge in [0, 0.05) is 19.6 Å². The summed E-state index contributed by atoms with van der Waals surface area (Å²) in [5.41, 5.74) is 5.94. The molecule has 1 atom stereocenters. The van der Waals surface area contributed by atoms with E-state index in [0.29, 0.717) is 6.42 Å². The molecule has 0 spiro atoms. The number of likely N-dealkylation sites (tertiary alicyclic amines) is 1. The molecular formula is C21H29ClN4O4S. The van der Waals surface area contributed by atoms with E-state index in [1.165, 1.54) is 6.07 Å². The zero-order chi connectivity index (χ0) is 21.6. The molecule has 2 aromatic rings. The van der Waals surface area contributed by atoms with Gasteiger partial charge in [0.1, 0.15) is 0 Å². The molecule has 0 bridgehead atoms. The standard InChI is InChI=1S/C21H28N4O4S.ClH/c22-19(21(27)25-12-4-1-5-13-25)10-11-23-20(26)15-24-30(28,29)18-9-8-16-6-2-3-7-17(16)14-18;/h2-3,6-9,14,19,24H,1,4-5,10-13,15,22H2,(H,23,26);1H. The van der Waals surface area contributed by atoms with Gasteiger partial charge in [0.2, 0.25) is 21.8 Å². The summed E-state index contributed by atoms with van der Waals surface area (Å²) in [6.45, 7) is 1.28. The summed E-state index contributed by atoms with van der Waals surface area (Å²) in [5.74, 6) is -0.571. The maximum atomic E-state index is 12.5. The molecule has 1 heterocycles. The molecule has 0 aliphatic carbocycles. The number of nitrogens with two attached hydrogens (primary N) is 1. The van der Waals surface area contributed by atoms with Crippen molar-refractivity contribution >= 4 is 45.0 Å². The van der Waals surface area contributed by atoms with Gasteiger partial charge >= 0.3 is 0 Å². The average molecular weight is 469 g/mol. The van der Waals surface area contributed by atoms with Gasteiger partial charge in [-0.15, -0.1) is 12.4 Å². The summed E-state index contributed by atoms with van der Waals surface area (Å²) >= 11 is 0. The Kier molecular flexibility index (Phi) is 9.24. The van der Waals surface area contributed by atoms with Gasteiger partial charge in [-0.05, 0) is 48.6 Å². The van der Waals surface area contributed by atoms with Crippen molar-refractivity contribution in [2.45, 2.75) is 36.6 Å². The second-order valence-electron chi connectivity index (χ2n) is 7.46. The number of nitrogens with one attached hydrogen (secondary N) is 2. The van der Waals surface area contributed by atoms with Crippen LogP contribution in [-0.2, 0) is 19.6 Å². The van der Waals surface area contributed by atoms with E-state index in [4.69, 9.17) is 5.73 Å². The number of benzene rings is 2. The number of piperidine rings is 1. The van der Waals surface area contributed by atoms with Crippen LogP contribution < -0.4 is 15.8 Å². The first-order valence-electron chi connectivity index (χ1n) is 10.2. The molecular weight excluding hydrogens is 440 g/mol. The van der Waals surface area contributed by atoms with Gasteiger partial charge in [-0.25, -0.2) is 13.1 Å². The molecule has 31 heavy (non-hydrogen) atoms. The zero-order valence-corrected chi connectivity index (χ0v) is 18.9. The fraction of sp³-hybridized carbons (Fsp3) is 0.429. The van der Waals surface area contributed by atoms with Crippen LogP contribution in [0.5, 0.6) is 0 Å². The summed E-state index contributed by atoms with van der Waals surface area (Å²) in [6.07, 6.45) is 3.42. The Morgan fingerprint density at radius 2 is 1.71 bits per heavy atom. The van der Waals surface area contributed by atoms with Crippen LogP contribution >= 0.6 is 12.4 Å². The highest BCUT2D eigenvalue weighted by molar-refractivity contribution is 7.89. The monoisotopic (exact) mass is 468 g/mol. The van der Waals surface area contributed by atoms with Crippen LogP contribution in [0, 0.1) is 0 Å². The fourth-order valence-electron chi connectivity index (χ4n) is 3.48. The first-order valence-corrected chi connectivity index (χ1v) is 11.6. The van der Waals surface area contributed by atoms with Crippen LogP contribution in [-0.4, -0.2) is 57.4 Å². The fourth-order valence-corrected chi connectivity index (χ4v) is 4.50. The third-order valence-electron chi connectivity index (χ3n) is 5.22. The van der Waals surface area contributed by atoms with Crippen molar-refractivity contribution < 1.29 is 18.0 Å². The van der Waals surface area contributed by atoms with E-state index >= 15 is 0 Å². The smallest absolute Gasteiger partial charge is 0.241 e. The molecule has 2 amide bonds. The number of carbonyl (C=O) groups excluding carboxylic acids is 2. The minimum atomic E-state index is -3.81. The van der Waals surface area contributed by atoms with Gasteiger partial charge in [-0.3, -0.25) is 9.59 Å². The highest BCUT2D eigenvalue weighted by Crippen LogP contribution is 2.18. The molecule has 0 saturated carbocycles. The van der Waals surface area contributed by atoms with Gasteiger partial charge in [-0.2, -0.15) is 0 Å². The Balaban J connectivity index is 0.00000341. The highest BCUT2D eigenvalue weighted by atomic mass is 35.5.